The molecule has 21 heavy (non-hydrogen) atoms. The number of fused-ring (bicyclic) bond motifs is 1. The Morgan fingerprint density at radius 2 is 2.19 bits per heavy atom. The number of hydrogen-bond acceptors (Lipinski definition) is 4. The van der Waals surface area contributed by atoms with Crippen LogP contribution < -0.4 is 4.74 Å². The van der Waals surface area contributed by atoms with Crippen LogP contribution in [0.25, 0.3) is 21.3 Å². The normalized spacial score (nSPS) is 10.8. The molecule has 0 aliphatic rings. The lowest BCUT2D eigenvalue weighted by Crippen LogP contribution is -2.04. The van der Waals surface area contributed by atoms with E-state index in [4.69, 9.17) is 4.74 Å². The van der Waals surface area contributed by atoms with Crippen molar-refractivity contribution in [3.05, 3.63) is 48.0 Å². The largest absolute Gasteiger partial charge is 0.419 e. The molecule has 3 aromatic rings. The molecule has 0 amide bonds. The Bertz CT molecular complexity index is 845. The maximum absolute atomic E-state index is 11.6. The predicted molar refractivity (Wildman–Crippen MR) is 84.6 cm³/mol. The van der Waals surface area contributed by atoms with Gasteiger partial charge in [0.15, 0.2) is 5.75 Å². The van der Waals surface area contributed by atoms with E-state index in [0.29, 0.717) is 11.4 Å². The molecule has 0 spiro atoms. The van der Waals surface area contributed by atoms with E-state index in [9.17, 15) is 4.79 Å². The smallest absolute Gasteiger partial charge is 0.335 e. The number of aromatic nitrogens is 2. The number of thiophene rings is 1. The molecule has 0 saturated carbocycles. The lowest BCUT2D eigenvalue weighted by Gasteiger charge is -2.05. The second-order valence-electron chi connectivity index (χ2n) is 4.66. The van der Waals surface area contributed by atoms with E-state index >= 15 is 0 Å². The van der Waals surface area contributed by atoms with Crippen molar-refractivity contribution in [1.29, 1.82) is 0 Å². The fourth-order valence-electron chi connectivity index (χ4n) is 2.36. The highest BCUT2D eigenvalue weighted by Crippen LogP contribution is 2.39. The summed E-state index contributed by atoms with van der Waals surface area (Å²) in [5.74, 6) is 0.0119. The fourth-order valence-corrected chi connectivity index (χ4v) is 3.31. The van der Waals surface area contributed by atoms with Gasteiger partial charge in [-0.05, 0) is 13.0 Å². The number of aryl methyl sites for hydroxylation is 2. The van der Waals surface area contributed by atoms with Gasteiger partial charge in [0.1, 0.15) is 11.4 Å². The van der Waals surface area contributed by atoms with Gasteiger partial charge in [-0.2, -0.15) is 5.10 Å². The van der Waals surface area contributed by atoms with E-state index in [2.05, 4.69) is 29.2 Å². The van der Waals surface area contributed by atoms with Crippen LogP contribution in [-0.4, -0.2) is 15.7 Å². The predicted octanol–water partition coefficient (Wildman–Crippen LogP) is 3.70. The van der Waals surface area contributed by atoms with Crippen LogP contribution in [0.15, 0.2) is 42.3 Å². The third-order valence-corrected chi connectivity index (χ3v) is 4.24. The zero-order valence-electron chi connectivity index (χ0n) is 11.8. The molecule has 0 aliphatic carbocycles. The van der Waals surface area contributed by atoms with E-state index in [-0.39, 0.29) is 0 Å². The van der Waals surface area contributed by atoms with Crippen molar-refractivity contribution in [3.8, 4) is 17.0 Å². The third kappa shape index (κ3) is 2.25. The number of nitrogens with zero attached hydrogens (tertiary/aromatic N) is 2. The van der Waals surface area contributed by atoms with Crippen LogP contribution >= 0.6 is 11.3 Å². The molecular formula is C16H14N2O2S. The van der Waals surface area contributed by atoms with Gasteiger partial charge in [0.05, 0.1) is 0 Å². The summed E-state index contributed by atoms with van der Waals surface area (Å²) in [5, 5.41) is 7.56. The minimum Gasteiger partial charge on any atom is -0.419 e. The van der Waals surface area contributed by atoms with Crippen molar-refractivity contribution in [2.75, 3.05) is 0 Å². The van der Waals surface area contributed by atoms with Crippen molar-refractivity contribution in [2.45, 2.75) is 6.92 Å². The summed E-state index contributed by atoms with van der Waals surface area (Å²) < 4.78 is 8.32. The Hall–Kier alpha value is -2.40. The molecular weight excluding hydrogens is 284 g/mol. The molecule has 106 valence electrons. The van der Waals surface area contributed by atoms with Crippen LogP contribution in [0.3, 0.4) is 0 Å². The molecule has 2 aromatic heterocycles. The summed E-state index contributed by atoms with van der Waals surface area (Å²) in [7, 11) is 1.85. The minimum absolute atomic E-state index is 0.480. The molecule has 0 saturated heterocycles. The lowest BCUT2D eigenvalue weighted by molar-refractivity contribution is -0.128. The minimum atomic E-state index is -0.480. The SMILES string of the molecule is C=CC(=O)Oc1c(C)nn(C)c1-c1csc2ccccc12. The van der Waals surface area contributed by atoms with E-state index in [1.54, 1.807) is 16.0 Å². The molecule has 1 aromatic carbocycles. The Kier molecular flexibility index (Phi) is 3.35. The number of rotatable bonds is 3. The summed E-state index contributed by atoms with van der Waals surface area (Å²) in [6.07, 6.45) is 1.15. The van der Waals surface area contributed by atoms with Gasteiger partial charge in [-0.15, -0.1) is 11.3 Å². The zero-order valence-corrected chi connectivity index (χ0v) is 12.6. The number of ether oxygens (including phenoxy) is 1. The van der Waals surface area contributed by atoms with Crippen LogP contribution in [0.1, 0.15) is 5.69 Å². The van der Waals surface area contributed by atoms with E-state index < -0.39 is 5.97 Å². The number of carbonyl (C=O) groups excluding carboxylic acids is 1. The van der Waals surface area contributed by atoms with Crippen LogP contribution in [0.5, 0.6) is 5.75 Å². The number of carbonyl (C=O) groups is 1. The van der Waals surface area contributed by atoms with Gasteiger partial charge in [0, 0.05) is 34.2 Å². The first-order valence-corrected chi connectivity index (χ1v) is 7.34. The molecule has 0 radical (unpaired) electrons. The quantitative estimate of drug-likeness (QED) is 0.547. The van der Waals surface area contributed by atoms with Gasteiger partial charge in [0.25, 0.3) is 0 Å². The summed E-state index contributed by atoms with van der Waals surface area (Å²) in [4.78, 5) is 11.6. The van der Waals surface area contributed by atoms with Crippen LogP contribution in [-0.2, 0) is 11.8 Å². The monoisotopic (exact) mass is 298 g/mol. The van der Waals surface area contributed by atoms with Crippen molar-refractivity contribution in [2.24, 2.45) is 7.05 Å². The van der Waals surface area contributed by atoms with Gasteiger partial charge in [-0.1, -0.05) is 24.8 Å². The molecule has 0 bridgehead atoms. The maximum atomic E-state index is 11.6. The second-order valence-corrected chi connectivity index (χ2v) is 5.57. The van der Waals surface area contributed by atoms with Gasteiger partial charge in [0.2, 0.25) is 0 Å². The molecule has 0 N–H and O–H groups in total. The number of hydrogen-bond donors (Lipinski definition) is 0. The number of benzene rings is 1. The number of esters is 1. The molecule has 0 unspecified atom stereocenters. The summed E-state index contributed by atoms with van der Waals surface area (Å²) in [6.45, 7) is 5.26. The molecule has 0 fully saturated rings. The first kappa shape index (κ1) is 13.6. The topological polar surface area (TPSA) is 44.1 Å². The highest BCUT2D eigenvalue weighted by Gasteiger charge is 2.21. The molecule has 0 atom stereocenters. The van der Waals surface area contributed by atoms with Gasteiger partial charge >= 0.3 is 5.97 Å². The highest BCUT2D eigenvalue weighted by atomic mass is 32.1. The Labute approximate surface area is 126 Å². The first-order valence-electron chi connectivity index (χ1n) is 6.46. The molecule has 4 nitrogen and oxygen atoms in total. The van der Waals surface area contributed by atoms with Crippen molar-refractivity contribution in [3.63, 3.8) is 0 Å². The van der Waals surface area contributed by atoms with Gasteiger partial charge in [-0.25, -0.2) is 4.79 Å². The zero-order chi connectivity index (χ0) is 15.0. The Morgan fingerprint density at radius 3 is 2.95 bits per heavy atom. The lowest BCUT2D eigenvalue weighted by atomic mass is 10.1. The average molecular weight is 298 g/mol. The van der Waals surface area contributed by atoms with Gasteiger partial charge in [-0.3, -0.25) is 4.68 Å². The van der Waals surface area contributed by atoms with E-state index in [1.165, 1.54) is 4.70 Å². The molecule has 5 heteroatoms. The summed E-state index contributed by atoms with van der Waals surface area (Å²) in [6, 6.07) is 8.14. The third-order valence-electron chi connectivity index (χ3n) is 3.27. The van der Waals surface area contributed by atoms with Crippen molar-refractivity contribution >= 4 is 27.4 Å². The molecule has 2 heterocycles. The molecule has 0 aliphatic heterocycles. The second kappa shape index (κ2) is 5.18. The average Bonchev–Trinajstić information content (AvgIpc) is 3.00. The Balaban J connectivity index is 2.22. The summed E-state index contributed by atoms with van der Waals surface area (Å²) in [5.41, 5.74) is 2.50. The highest BCUT2D eigenvalue weighted by molar-refractivity contribution is 7.17. The van der Waals surface area contributed by atoms with E-state index in [1.807, 2.05) is 26.1 Å². The van der Waals surface area contributed by atoms with Crippen LogP contribution in [0.4, 0.5) is 0 Å². The molecule has 3 rings (SSSR count). The maximum Gasteiger partial charge on any atom is 0.335 e. The van der Waals surface area contributed by atoms with Crippen molar-refractivity contribution in [1.82, 2.24) is 9.78 Å². The first-order chi connectivity index (χ1) is 10.1. The fraction of sp³-hybridized carbons (Fsp3) is 0.125. The van der Waals surface area contributed by atoms with Crippen molar-refractivity contribution < 1.29 is 9.53 Å². The Morgan fingerprint density at radius 1 is 1.43 bits per heavy atom. The van der Waals surface area contributed by atoms with Crippen LogP contribution in [0, 0.1) is 6.92 Å². The van der Waals surface area contributed by atoms with Gasteiger partial charge < -0.3 is 4.74 Å². The van der Waals surface area contributed by atoms with Crippen LogP contribution in [0.2, 0.25) is 0 Å². The summed E-state index contributed by atoms with van der Waals surface area (Å²) >= 11 is 1.66. The van der Waals surface area contributed by atoms with E-state index in [0.717, 1.165) is 22.7 Å². The standard InChI is InChI=1S/C16H14N2O2S/c1-4-14(19)20-16-10(2)17-18(3)15(16)12-9-21-13-8-6-5-7-11(12)13/h4-9H,1H2,2-3H3.